The van der Waals surface area contributed by atoms with Crippen LogP contribution in [0.15, 0.2) is 0 Å². The van der Waals surface area contributed by atoms with Crippen molar-refractivity contribution in [3.63, 3.8) is 0 Å². The van der Waals surface area contributed by atoms with Crippen LogP contribution in [0.3, 0.4) is 0 Å². The molecule has 1 saturated carbocycles. The normalized spacial score (nSPS) is 20.6. The molecular formula is C10H17NO2S. The van der Waals surface area contributed by atoms with Gasteiger partial charge in [-0.25, -0.2) is 8.42 Å². The highest BCUT2D eigenvalue weighted by Gasteiger charge is 2.28. The van der Waals surface area contributed by atoms with Gasteiger partial charge in [-0.1, -0.05) is 19.8 Å². The van der Waals surface area contributed by atoms with Gasteiger partial charge < -0.3 is 0 Å². The third kappa shape index (κ3) is 2.98. The number of hydrogen-bond acceptors (Lipinski definition) is 3. The molecular weight excluding hydrogens is 198 g/mol. The Hall–Kier alpha value is -0.560. The first-order chi connectivity index (χ1) is 6.59. The second-order valence-corrected chi connectivity index (χ2v) is 6.38. The molecule has 0 N–H and O–H groups in total. The molecule has 80 valence electrons. The van der Waals surface area contributed by atoms with Gasteiger partial charge in [-0.3, -0.25) is 0 Å². The van der Waals surface area contributed by atoms with Gasteiger partial charge >= 0.3 is 0 Å². The monoisotopic (exact) mass is 215 g/mol. The van der Waals surface area contributed by atoms with Crippen LogP contribution in [-0.2, 0) is 9.84 Å². The van der Waals surface area contributed by atoms with Crippen molar-refractivity contribution in [2.45, 2.75) is 32.6 Å². The maximum atomic E-state index is 11.4. The lowest BCUT2D eigenvalue weighted by Gasteiger charge is -2.15. The highest BCUT2D eigenvalue weighted by atomic mass is 32.2. The molecule has 0 saturated heterocycles. The standard InChI is InChI=1S/C10H17NO2S/c1-2-14(12,13)8-10(7-11)9-5-3-4-6-9/h9-10H,2-6,8H2,1H3. The molecule has 1 atom stereocenters. The van der Waals surface area contributed by atoms with E-state index in [1.165, 1.54) is 0 Å². The summed E-state index contributed by atoms with van der Waals surface area (Å²) in [5.41, 5.74) is 0. The van der Waals surface area contributed by atoms with Crippen LogP contribution in [0.2, 0.25) is 0 Å². The molecule has 0 spiro atoms. The molecule has 1 aliphatic rings. The molecule has 1 aliphatic carbocycles. The van der Waals surface area contributed by atoms with Crippen molar-refractivity contribution >= 4 is 9.84 Å². The molecule has 1 unspecified atom stereocenters. The molecule has 1 fully saturated rings. The van der Waals surface area contributed by atoms with E-state index in [4.69, 9.17) is 5.26 Å². The second kappa shape index (κ2) is 4.79. The van der Waals surface area contributed by atoms with E-state index in [1.54, 1.807) is 6.92 Å². The zero-order chi connectivity index (χ0) is 10.6. The van der Waals surface area contributed by atoms with Crippen LogP contribution in [-0.4, -0.2) is 19.9 Å². The minimum Gasteiger partial charge on any atom is -0.229 e. The Bertz CT molecular complexity index is 310. The molecule has 1 rings (SSSR count). The van der Waals surface area contributed by atoms with Crippen molar-refractivity contribution in [1.29, 1.82) is 5.26 Å². The summed E-state index contributed by atoms with van der Waals surface area (Å²) in [4.78, 5) is 0. The molecule has 0 bridgehead atoms. The van der Waals surface area contributed by atoms with Gasteiger partial charge in [-0.15, -0.1) is 0 Å². The molecule has 0 radical (unpaired) electrons. The maximum Gasteiger partial charge on any atom is 0.151 e. The SMILES string of the molecule is CCS(=O)(=O)CC(C#N)C1CCCC1. The molecule has 0 heterocycles. The Morgan fingerprint density at radius 1 is 1.43 bits per heavy atom. The third-order valence-electron chi connectivity index (χ3n) is 3.01. The molecule has 3 nitrogen and oxygen atoms in total. The Labute approximate surface area is 86.0 Å². The van der Waals surface area contributed by atoms with Gasteiger partial charge in [-0.05, 0) is 18.8 Å². The van der Waals surface area contributed by atoms with Crippen LogP contribution in [0.5, 0.6) is 0 Å². The van der Waals surface area contributed by atoms with E-state index >= 15 is 0 Å². The molecule has 0 amide bonds. The van der Waals surface area contributed by atoms with E-state index in [-0.39, 0.29) is 17.4 Å². The number of nitrogens with zero attached hydrogens (tertiary/aromatic N) is 1. The first kappa shape index (κ1) is 11.5. The van der Waals surface area contributed by atoms with Crippen LogP contribution >= 0.6 is 0 Å². The van der Waals surface area contributed by atoms with E-state index in [9.17, 15) is 8.42 Å². The highest BCUT2D eigenvalue weighted by Crippen LogP contribution is 2.31. The molecule has 0 aromatic rings. The predicted octanol–water partition coefficient (Wildman–Crippen LogP) is 1.75. The summed E-state index contributed by atoms with van der Waals surface area (Å²) in [7, 11) is -2.99. The molecule has 0 aromatic carbocycles. The number of rotatable bonds is 4. The fourth-order valence-corrected chi connectivity index (χ4v) is 3.16. The zero-order valence-electron chi connectivity index (χ0n) is 8.57. The Morgan fingerprint density at radius 3 is 2.43 bits per heavy atom. The van der Waals surface area contributed by atoms with Gasteiger partial charge in [0.1, 0.15) is 0 Å². The summed E-state index contributed by atoms with van der Waals surface area (Å²) in [5.74, 6) is 0.256. The minimum absolute atomic E-state index is 0.0602. The van der Waals surface area contributed by atoms with Crippen LogP contribution in [0.1, 0.15) is 32.6 Å². The lowest BCUT2D eigenvalue weighted by molar-refractivity contribution is 0.440. The van der Waals surface area contributed by atoms with Gasteiger partial charge in [0.25, 0.3) is 0 Å². The number of sulfone groups is 1. The fraction of sp³-hybridized carbons (Fsp3) is 0.900. The van der Waals surface area contributed by atoms with Crippen LogP contribution in [0.4, 0.5) is 0 Å². The summed E-state index contributed by atoms with van der Waals surface area (Å²) >= 11 is 0. The van der Waals surface area contributed by atoms with Crippen molar-refractivity contribution in [3.05, 3.63) is 0 Å². The predicted molar refractivity (Wildman–Crippen MR) is 55.4 cm³/mol. The van der Waals surface area contributed by atoms with E-state index in [0.29, 0.717) is 5.92 Å². The first-order valence-electron chi connectivity index (χ1n) is 5.19. The summed E-state index contributed by atoms with van der Waals surface area (Å²) in [6.45, 7) is 1.64. The quantitative estimate of drug-likeness (QED) is 0.718. The van der Waals surface area contributed by atoms with Crippen molar-refractivity contribution < 1.29 is 8.42 Å². The van der Waals surface area contributed by atoms with Crippen LogP contribution in [0.25, 0.3) is 0 Å². The molecule has 0 aliphatic heterocycles. The summed E-state index contributed by atoms with van der Waals surface area (Å²) in [6, 6.07) is 2.16. The van der Waals surface area contributed by atoms with Gasteiger partial charge in [0, 0.05) is 5.75 Å². The fourth-order valence-electron chi connectivity index (χ4n) is 2.03. The van der Waals surface area contributed by atoms with Crippen LogP contribution < -0.4 is 0 Å². The first-order valence-corrected chi connectivity index (χ1v) is 7.01. The second-order valence-electron chi connectivity index (χ2n) is 3.98. The Balaban J connectivity index is 2.60. The van der Waals surface area contributed by atoms with Gasteiger partial charge in [0.05, 0.1) is 17.7 Å². The smallest absolute Gasteiger partial charge is 0.151 e. The largest absolute Gasteiger partial charge is 0.229 e. The van der Waals surface area contributed by atoms with Crippen molar-refractivity contribution in [1.82, 2.24) is 0 Å². The van der Waals surface area contributed by atoms with E-state index in [1.807, 2.05) is 0 Å². The Morgan fingerprint density at radius 2 is 2.00 bits per heavy atom. The lowest BCUT2D eigenvalue weighted by atomic mass is 9.94. The average molecular weight is 215 g/mol. The highest BCUT2D eigenvalue weighted by molar-refractivity contribution is 7.91. The molecule has 0 aromatic heterocycles. The summed E-state index contributed by atoms with van der Waals surface area (Å²) in [5, 5.41) is 8.93. The maximum absolute atomic E-state index is 11.4. The lowest BCUT2D eigenvalue weighted by Crippen LogP contribution is -2.22. The topological polar surface area (TPSA) is 57.9 Å². The molecule has 14 heavy (non-hydrogen) atoms. The van der Waals surface area contributed by atoms with E-state index in [0.717, 1.165) is 25.7 Å². The van der Waals surface area contributed by atoms with Gasteiger partial charge in [0.2, 0.25) is 0 Å². The summed E-state index contributed by atoms with van der Waals surface area (Å²) in [6.07, 6.45) is 4.35. The third-order valence-corrected chi connectivity index (χ3v) is 4.75. The van der Waals surface area contributed by atoms with Crippen molar-refractivity contribution in [3.8, 4) is 6.07 Å². The number of hydrogen-bond donors (Lipinski definition) is 0. The Kier molecular flexibility index (Phi) is 3.94. The van der Waals surface area contributed by atoms with Crippen LogP contribution in [0, 0.1) is 23.2 Å². The number of nitriles is 1. The van der Waals surface area contributed by atoms with E-state index in [2.05, 4.69) is 6.07 Å². The summed E-state index contributed by atoms with van der Waals surface area (Å²) < 4.78 is 22.7. The molecule has 4 heteroatoms. The minimum atomic E-state index is -2.99. The van der Waals surface area contributed by atoms with Crippen molar-refractivity contribution in [2.24, 2.45) is 11.8 Å². The van der Waals surface area contributed by atoms with Gasteiger partial charge in [0.15, 0.2) is 9.84 Å². The van der Waals surface area contributed by atoms with Gasteiger partial charge in [-0.2, -0.15) is 5.26 Å². The van der Waals surface area contributed by atoms with E-state index < -0.39 is 9.84 Å². The van der Waals surface area contributed by atoms with Crippen molar-refractivity contribution in [2.75, 3.05) is 11.5 Å². The zero-order valence-corrected chi connectivity index (χ0v) is 9.39. The average Bonchev–Trinajstić information content (AvgIpc) is 2.67.